The molecule has 90 valence electrons. The van der Waals surface area contributed by atoms with Gasteiger partial charge in [0, 0.05) is 17.5 Å². The van der Waals surface area contributed by atoms with Crippen molar-refractivity contribution in [2.45, 2.75) is 20.3 Å². The third-order valence-electron chi connectivity index (χ3n) is 2.56. The highest BCUT2D eigenvalue weighted by Gasteiger charge is 2.09. The van der Waals surface area contributed by atoms with E-state index in [1.807, 2.05) is 13.8 Å². The van der Waals surface area contributed by atoms with E-state index in [1.165, 1.54) is 6.07 Å². The van der Waals surface area contributed by atoms with E-state index in [4.69, 9.17) is 20.8 Å². The number of hydrogen-bond donors (Lipinski definition) is 0. The van der Waals surface area contributed by atoms with Gasteiger partial charge in [-0.3, -0.25) is 0 Å². The Hall–Kier alpha value is -1.48. The van der Waals surface area contributed by atoms with Crippen molar-refractivity contribution < 1.29 is 9.15 Å². The van der Waals surface area contributed by atoms with Crippen LogP contribution in [0.15, 0.2) is 27.4 Å². The highest BCUT2D eigenvalue weighted by molar-refractivity contribution is 6.32. The summed E-state index contributed by atoms with van der Waals surface area (Å²) >= 11 is 6.11. The van der Waals surface area contributed by atoms with Crippen LogP contribution in [-0.2, 0) is 6.42 Å². The largest absolute Gasteiger partial charge is 0.492 e. The van der Waals surface area contributed by atoms with Gasteiger partial charge in [-0.05, 0) is 25.0 Å². The molecule has 3 nitrogen and oxygen atoms in total. The number of hydrogen-bond acceptors (Lipinski definition) is 3. The van der Waals surface area contributed by atoms with Gasteiger partial charge in [0.05, 0.1) is 11.6 Å². The molecule has 0 spiro atoms. The number of fused-ring (bicyclic) bond motifs is 1. The van der Waals surface area contributed by atoms with Crippen molar-refractivity contribution in [1.29, 1.82) is 0 Å². The second-order valence-corrected chi connectivity index (χ2v) is 4.06. The summed E-state index contributed by atoms with van der Waals surface area (Å²) in [4.78, 5) is 11.4. The summed E-state index contributed by atoms with van der Waals surface area (Å²) in [7, 11) is 0. The Morgan fingerprint density at radius 1 is 1.29 bits per heavy atom. The molecule has 2 aromatic rings. The Morgan fingerprint density at radius 2 is 2.06 bits per heavy atom. The molecule has 0 radical (unpaired) electrons. The van der Waals surface area contributed by atoms with Crippen LogP contribution >= 0.6 is 11.6 Å². The maximum absolute atomic E-state index is 11.4. The molecule has 1 aromatic carbocycles. The van der Waals surface area contributed by atoms with E-state index in [1.54, 1.807) is 12.1 Å². The molecule has 1 aromatic heterocycles. The first kappa shape index (κ1) is 12.0. The first-order valence-electron chi connectivity index (χ1n) is 5.54. The summed E-state index contributed by atoms with van der Waals surface area (Å²) in [5, 5.41) is 1.39. The number of halogens is 1. The number of ether oxygens (including phenoxy) is 1. The van der Waals surface area contributed by atoms with Gasteiger partial charge in [0.15, 0.2) is 0 Å². The summed E-state index contributed by atoms with van der Waals surface area (Å²) in [6, 6.07) is 4.95. The second kappa shape index (κ2) is 4.80. The zero-order valence-electron chi connectivity index (χ0n) is 9.75. The van der Waals surface area contributed by atoms with Gasteiger partial charge in [0.2, 0.25) is 0 Å². The monoisotopic (exact) mass is 252 g/mol. The molecule has 0 amide bonds. The van der Waals surface area contributed by atoms with Crippen molar-refractivity contribution in [3.8, 4) is 5.75 Å². The molecule has 0 bridgehead atoms. The second-order valence-electron chi connectivity index (χ2n) is 3.66. The van der Waals surface area contributed by atoms with Crippen LogP contribution in [-0.4, -0.2) is 6.61 Å². The topological polar surface area (TPSA) is 39.4 Å². The highest BCUT2D eigenvalue weighted by atomic mass is 35.5. The van der Waals surface area contributed by atoms with E-state index in [2.05, 4.69) is 0 Å². The van der Waals surface area contributed by atoms with E-state index in [0.29, 0.717) is 23.0 Å². The molecular formula is C13H13ClO3. The summed E-state index contributed by atoms with van der Waals surface area (Å²) < 4.78 is 10.5. The van der Waals surface area contributed by atoms with Gasteiger partial charge < -0.3 is 9.15 Å². The average molecular weight is 253 g/mol. The molecule has 0 saturated carbocycles. The summed E-state index contributed by atoms with van der Waals surface area (Å²) in [5.41, 5.74) is 1.10. The fourth-order valence-electron chi connectivity index (χ4n) is 1.79. The Morgan fingerprint density at radius 3 is 2.71 bits per heavy atom. The molecule has 17 heavy (non-hydrogen) atoms. The molecule has 1 heterocycles. The van der Waals surface area contributed by atoms with Gasteiger partial charge in [0.25, 0.3) is 0 Å². The van der Waals surface area contributed by atoms with Crippen molar-refractivity contribution in [1.82, 2.24) is 0 Å². The number of aryl methyl sites for hydroxylation is 1. The quantitative estimate of drug-likeness (QED) is 0.786. The predicted octanol–water partition coefficient (Wildman–Crippen LogP) is 3.41. The maximum Gasteiger partial charge on any atom is 0.336 e. The SMILES string of the molecule is CCOc1cc2oc(=O)cc(CC)c2cc1Cl. The molecule has 0 atom stereocenters. The number of rotatable bonds is 3. The highest BCUT2D eigenvalue weighted by Crippen LogP contribution is 2.31. The van der Waals surface area contributed by atoms with E-state index >= 15 is 0 Å². The molecule has 2 rings (SSSR count). The summed E-state index contributed by atoms with van der Waals surface area (Å²) in [6.07, 6.45) is 0.756. The minimum Gasteiger partial charge on any atom is -0.492 e. The lowest BCUT2D eigenvalue weighted by atomic mass is 10.1. The Bertz CT molecular complexity index is 601. The maximum atomic E-state index is 11.4. The standard InChI is InChI=1S/C13H13ClO3/c1-3-8-5-13(15)17-11-7-12(16-4-2)10(14)6-9(8)11/h5-7H,3-4H2,1-2H3. The van der Waals surface area contributed by atoms with Crippen LogP contribution in [0.4, 0.5) is 0 Å². The summed E-state index contributed by atoms with van der Waals surface area (Å²) in [6.45, 7) is 4.38. The minimum atomic E-state index is -0.348. The van der Waals surface area contributed by atoms with E-state index in [-0.39, 0.29) is 5.63 Å². The van der Waals surface area contributed by atoms with Crippen LogP contribution < -0.4 is 10.4 Å². The van der Waals surface area contributed by atoms with Crippen molar-refractivity contribution in [2.24, 2.45) is 0 Å². The molecule has 0 aliphatic carbocycles. The Labute approximate surface area is 104 Å². The first-order valence-corrected chi connectivity index (χ1v) is 5.92. The fourth-order valence-corrected chi connectivity index (χ4v) is 2.00. The van der Waals surface area contributed by atoms with Crippen LogP contribution in [0.1, 0.15) is 19.4 Å². The lowest BCUT2D eigenvalue weighted by Gasteiger charge is -2.08. The van der Waals surface area contributed by atoms with Crippen LogP contribution in [0.5, 0.6) is 5.75 Å². The van der Waals surface area contributed by atoms with Crippen molar-refractivity contribution in [3.63, 3.8) is 0 Å². The van der Waals surface area contributed by atoms with Gasteiger partial charge in [-0.1, -0.05) is 18.5 Å². The number of benzene rings is 1. The Kier molecular flexibility index (Phi) is 3.38. The molecule has 0 aliphatic rings. The van der Waals surface area contributed by atoms with Crippen LogP contribution in [0.2, 0.25) is 5.02 Å². The van der Waals surface area contributed by atoms with Crippen molar-refractivity contribution in [2.75, 3.05) is 6.61 Å². The molecule has 0 unspecified atom stereocenters. The van der Waals surface area contributed by atoms with Crippen molar-refractivity contribution in [3.05, 3.63) is 39.2 Å². The molecule has 0 N–H and O–H groups in total. The normalized spacial score (nSPS) is 10.8. The lowest BCUT2D eigenvalue weighted by molar-refractivity contribution is 0.340. The van der Waals surface area contributed by atoms with Gasteiger partial charge in [-0.2, -0.15) is 0 Å². The van der Waals surface area contributed by atoms with Gasteiger partial charge >= 0.3 is 5.63 Å². The molecule has 0 fully saturated rings. The van der Waals surface area contributed by atoms with Crippen LogP contribution in [0.3, 0.4) is 0 Å². The third kappa shape index (κ3) is 2.29. The van der Waals surface area contributed by atoms with Crippen molar-refractivity contribution >= 4 is 22.6 Å². The third-order valence-corrected chi connectivity index (χ3v) is 2.86. The van der Waals surface area contributed by atoms with Gasteiger partial charge in [-0.15, -0.1) is 0 Å². The van der Waals surface area contributed by atoms with E-state index < -0.39 is 0 Å². The fraction of sp³-hybridized carbons (Fsp3) is 0.308. The van der Waals surface area contributed by atoms with Gasteiger partial charge in [-0.25, -0.2) is 4.79 Å². The van der Waals surface area contributed by atoms with E-state index in [9.17, 15) is 4.79 Å². The smallest absolute Gasteiger partial charge is 0.336 e. The molecule has 4 heteroatoms. The molecular weight excluding hydrogens is 240 g/mol. The first-order chi connectivity index (χ1) is 8.15. The lowest BCUT2D eigenvalue weighted by Crippen LogP contribution is -2.00. The summed E-state index contributed by atoms with van der Waals surface area (Å²) in [5.74, 6) is 0.540. The van der Waals surface area contributed by atoms with Crippen LogP contribution in [0.25, 0.3) is 11.0 Å². The van der Waals surface area contributed by atoms with E-state index in [0.717, 1.165) is 17.4 Å². The van der Waals surface area contributed by atoms with Crippen LogP contribution in [0, 0.1) is 0 Å². The molecule has 0 saturated heterocycles. The average Bonchev–Trinajstić information content (AvgIpc) is 2.30. The minimum absolute atomic E-state index is 0.348. The predicted molar refractivity (Wildman–Crippen MR) is 68.0 cm³/mol. The zero-order chi connectivity index (χ0) is 12.4. The zero-order valence-corrected chi connectivity index (χ0v) is 10.5. The van der Waals surface area contributed by atoms with Gasteiger partial charge in [0.1, 0.15) is 11.3 Å². The Balaban J connectivity index is 2.73. The molecule has 0 aliphatic heterocycles.